The van der Waals surface area contributed by atoms with E-state index in [1.54, 1.807) is 0 Å². The van der Waals surface area contributed by atoms with Crippen molar-refractivity contribution in [2.45, 2.75) is 23.8 Å². The van der Waals surface area contributed by atoms with E-state index in [-0.39, 0.29) is 22.4 Å². The number of carbonyl (C=O) groups excluding carboxylic acids is 1. The molecule has 3 rings (SSSR count). The fourth-order valence-electron chi connectivity index (χ4n) is 3.20. The average molecular weight is 383 g/mol. The van der Waals surface area contributed by atoms with Gasteiger partial charge < -0.3 is 20.1 Å². The van der Waals surface area contributed by atoms with Crippen molar-refractivity contribution in [2.75, 3.05) is 46.5 Å². The summed E-state index contributed by atoms with van der Waals surface area (Å²) in [7, 11) is -2.21. The summed E-state index contributed by atoms with van der Waals surface area (Å²) in [5, 5.41) is 6.20. The van der Waals surface area contributed by atoms with E-state index in [0.29, 0.717) is 38.6 Å². The first-order chi connectivity index (χ1) is 12.5. The number of hydrogen-bond acceptors (Lipinski definition) is 6. The highest BCUT2D eigenvalue weighted by molar-refractivity contribution is 7.89. The second-order valence-corrected chi connectivity index (χ2v) is 8.33. The summed E-state index contributed by atoms with van der Waals surface area (Å²) in [5.74, 6) is 0.0294. The number of sulfonamides is 1. The molecule has 1 atom stereocenters. The molecule has 1 amide bonds. The maximum absolute atomic E-state index is 12.8. The quantitative estimate of drug-likeness (QED) is 0.754. The molecule has 0 unspecified atom stereocenters. The first-order valence-corrected chi connectivity index (χ1v) is 10.2. The maximum atomic E-state index is 12.8. The zero-order valence-electron chi connectivity index (χ0n) is 14.9. The predicted molar refractivity (Wildman–Crippen MR) is 95.9 cm³/mol. The molecule has 9 heteroatoms. The Balaban J connectivity index is 1.84. The van der Waals surface area contributed by atoms with E-state index in [2.05, 4.69) is 10.6 Å². The Morgan fingerprint density at radius 2 is 2.12 bits per heavy atom. The number of nitrogens with zero attached hydrogens (tertiary/aromatic N) is 1. The van der Waals surface area contributed by atoms with Gasteiger partial charge in [-0.05, 0) is 37.6 Å². The standard InChI is InChI=1S/C17H25N3O5S/c1-24-16-5-4-14(26(22,23)20-7-9-25-10-8-20)11-15(16)17(21)19-13-3-2-6-18-12-13/h4-5,11,13,18H,2-3,6-10,12H2,1H3,(H,19,21)/t13-/m0/s1. The molecule has 1 aromatic carbocycles. The topological polar surface area (TPSA) is 97.0 Å². The number of methoxy groups -OCH3 is 1. The average Bonchev–Trinajstić information content (AvgIpc) is 2.69. The van der Waals surface area contributed by atoms with E-state index in [1.807, 2.05) is 0 Å². The van der Waals surface area contributed by atoms with Crippen molar-refractivity contribution in [1.82, 2.24) is 14.9 Å². The van der Waals surface area contributed by atoms with Crippen LogP contribution >= 0.6 is 0 Å². The van der Waals surface area contributed by atoms with Crippen molar-refractivity contribution in [3.05, 3.63) is 23.8 Å². The van der Waals surface area contributed by atoms with Crippen molar-refractivity contribution in [3.8, 4) is 5.75 Å². The number of carbonyl (C=O) groups is 1. The molecule has 2 heterocycles. The lowest BCUT2D eigenvalue weighted by atomic mass is 10.1. The number of morpholine rings is 1. The predicted octanol–water partition coefficient (Wildman–Crippen LogP) is 0.198. The molecule has 0 bridgehead atoms. The van der Waals surface area contributed by atoms with Gasteiger partial charge >= 0.3 is 0 Å². The number of rotatable bonds is 5. The monoisotopic (exact) mass is 383 g/mol. The minimum atomic E-state index is -3.67. The Kier molecular flexibility index (Phi) is 6.13. The summed E-state index contributed by atoms with van der Waals surface area (Å²) in [6.45, 7) is 3.02. The lowest BCUT2D eigenvalue weighted by Gasteiger charge is -2.26. The minimum absolute atomic E-state index is 0.0282. The molecule has 2 fully saturated rings. The lowest BCUT2D eigenvalue weighted by Crippen LogP contribution is -2.45. The maximum Gasteiger partial charge on any atom is 0.255 e. The van der Waals surface area contributed by atoms with Crippen LogP contribution in [-0.4, -0.2) is 71.2 Å². The van der Waals surface area contributed by atoms with Crippen molar-refractivity contribution in [2.24, 2.45) is 0 Å². The number of amides is 1. The molecule has 8 nitrogen and oxygen atoms in total. The molecule has 0 aliphatic carbocycles. The van der Waals surface area contributed by atoms with Gasteiger partial charge in [-0.3, -0.25) is 4.79 Å². The first-order valence-electron chi connectivity index (χ1n) is 8.80. The molecule has 0 spiro atoms. The van der Waals surface area contributed by atoms with Crippen molar-refractivity contribution < 1.29 is 22.7 Å². The molecule has 2 saturated heterocycles. The number of hydrogen-bond donors (Lipinski definition) is 2. The SMILES string of the molecule is COc1ccc(S(=O)(=O)N2CCOCC2)cc1C(=O)N[C@H]1CCCNC1. The zero-order chi connectivity index (χ0) is 18.6. The lowest BCUT2D eigenvalue weighted by molar-refractivity contribution is 0.0730. The van der Waals surface area contributed by atoms with Crippen LogP contribution in [0.4, 0.5) is 0 Å². The van der Waals surface area contributed by atoms with Gasteiger partial charge in [0.05, 0.1) is 30.8 Å². The molecule has 0 aromatic heterocycles. The van der Waals surface area contributed by atoms with Crippen LogP contribution in [0.15, 0.2) is 23.1 Å². The van der Waals surface area contributed by atoms with E-state index >= 15 is 0 Å². The highest BCUT2D eigenvalue weighted by atomic mass is 32.2. The second-order valence-electron chi connectivity index (χ2n) is 6.40. The van der Waals surface area contributed by atoms with Crippen LogP contribution in [0.2, 0.25) is 0 Å². The van der Waals surface area contributed by atoms with E-state index in [1.165, 1.54) is 29.6 Å². The van der Waals surface area contributed by atoms with E-state index < -0.39 is 10.0 Å². The van der Waals surface area contributed by atoms with E-state index in [0.717, 1.165) is 19.4 Å². The highest BCUT2D eigenvalue weighted by Crippen LogP contribution is 2.25. The van der Waals surface area contributed by atoms with Gasteiger partial charge in [0.2, 0.25) is 10.0 Å². The van der Waals surface area contributed by atoms with Gasteiger partial charge in [-0.1, -0.05) is 0 Å². The molecular weight excluding hydrogens is 358 g/mol. The number of benzene rings is 1. The first kappa shape index (κ1) is 19.1. The Morgan fingerprint density at radius 1 is 1.35 bits per heavy atom. The summed E-state index contributed by atoms with van der Waals surface area (Å²) < 4.78 is 37.5. The molecule has 0 radical (unpaired) electrons. The third-order valence-electron chi connectivity index (χ3n) is 4.66. The Labute approximate surface area is 153 Å². The van der Waals surface area contributed by atoms with Crippen LogP contribution in [0.25, 0.3) is 0 Å². The van der Waals surface area contributed by atoms with Gasteiger partial charge in [-0.2, -0.15) is 4.31 Å². The number of ether oxygens (including phenoxy) is 2. The third kappa shape index (κ3) is 4.17. The van der Waals surface area contributed by atoms with Crippen molar-refractivity contribution in [3.63, 3.8) is 0 Å². The Bertz CT molecular complexity index is 741. The van der Waals surface area contributed by atoms with Gasteiger partial charge in [0.25, 0.3) is 5.91 Å². The molecule has 0 saturated carbocycles. The van der Waals surface area contributed by atoms with Crippen LogP contribution < -0.4 is 15.4 Å². The van der Waals surface area contributed by atoms with Crippen LogP contribution in [0, 0.1) is 0 Å². The smallest absolute Gasteiger partial charge is 0.255 e. The second kappa shape index (κ2) is 8.34. The molecular formula is C17H25N3O5S. The van der Waals surface area contributed by atoms with Crippen molar-refractivity contribution in [1.29, 1.82) is 0 Å². The van der Waals surface area contributed by atoms with Crippen LogP contribution in [0.3, 0.4) is 0 Å². The van der Waals surface area contributed by atoms with Gasteiger partial charge in [0.15, 0.2) is 0 Å². The Hall–Kier alpha value is -1.68. The molecule has 144 valence electrons. The van der Waals surface area contributed by atoms with Crippen LogP contribution in [0.1, 0.15) is 23.2 Å². The largest absolute Gasteiger partial charge is 0.496 e. The molecule has 2 aliphatic rings. The van der Waals surface area contributed by atoms with Gasteiger partial charge in [0, 0.05) is 25.7 Å². The van der Waals surface area contributed by atoms with Crippen LogP contribution in [-0.2, 0) is 14.8 Å². The summed E-state index contributed by atoms with van der Waals surface area (Å²) >= 11 is 0. The van der Waals surface area contributed by atoms with Gasteiger partial charge in [-0.25, -0.2) is 8.42 Å². The fraction of sp³-hybridized carbons (Fsp3) is 0.588. The fourth-order valence-corrected chi connectivity index (χ4v) is 4.63. The van der Waals surface area contributed by atoms with Gasteiger partial charge in [0.1, 0.15) is 5.75 Å². The van der Waals surface area contributed by atoms with Crippen molar-refractivity contribution >= 4 is 15.9 Å². The number of nitrogens with one attached hydrogen (secondary N) is 2. The molecule has 26 heavy (non-hydrogen) atoms. The summed E-state index contributed by atoms with van der Waals surface area (Å²) in [6, 6.07) is 4.43. The van der Waals surface area contributed by atoms with E-state index in [4.69, 9.17) is 9.47 Å². The highest BCUT2D eigenvalue weighted by Gasteiger charge is 2.28. The normalized spacial score (nSPS) is 22.0. The van der Waals surface area contributed by atoms with E-state index in [9.17, 15) is 13.2 Å². The third-order valence-corrected chi connectivity index (χ3v) is 6.55. The summed E-state index contributed by atoms with van der Waals surface area (Å²) in [6.07, 6.45) is 1.89. The molecule has 2 N–H and O–H groups in total. The number of piperidine rings is 1. The minimum Gasteiger partial charge on any atom is -0.496 e. The molecule has 2 aliphatic heterocycles. The Morgan fingerprint density at radius 3 is 2.77 bits per heavy atom. The zero-order valence-corrected chi connectivity index (χ0v) is 15.7. The van der Waals surface area contributed by atoms with Gasteiger partial charge in [-0.15, -0.1) is 0 Å². The summed E-state index contributed by atoms with van der Waals surface area (Å²) in [4.78, 5) is 12.8. The molecule has 1 aromatic rings. The summed E-state index contributed by atoms with van der Waals surface area (Å²) in [5.41, 5.74) is 0.229. The van der Waals surface area contributed by atoms with Crippen LogP contribution in [0.5, 0.6) is 5.75 Å².